The summed E-state index contributed by atoms with van der Waals surface area (Å²) in [5.74, 6) is 0.208. The van der Waals surface area contributed by atoms with Crippen LogP contribution in [0.5, 0.6) is 0 Å². The van der Waals surface area contributed by atoms with Crippen molar-refractivity contribution in [3.63, 3.8) is 0 Å². The van der Waals surface area contributed by atoms with Crippen LogP contribution < -0.4 is 5.32 Å². The van der Waals surface area contributed by atoms with Gasteiger partial charge in [-0.25, -0.2) is 0 Å². The number of hydrogen-bond acceptors (Lipinski definition) is 3. The second-order valence-electron chi connectivity index (χ2n) is 5.04. The van der Waals surface area contributed by atoms with Crippen LogP contribution in [0.3, 0.4) is 0 Å². The van der Waals surface area contributed by atoms with Crippen LogP contribution in [0.15, 0.2) is 24.5 Å². The molecule has 1 N–H and O–H groups in total. The molecule has 2 heterocycles. The molecule has 0 aromatic carbocycles. The number of nitrogens with one attached hydrogen (secondary N) is 1. The molecule has 0 bridgehead atoms. The molecule has 4 heteroatoms. The fourth-order valence-corrected chi connectivity index (χ4v) is 2.46. The first kappa shape index (κ1) is 13.0. The fraction of sp³-hybridized carbons (Fsp3) is 0.571. The van der Waals surface area contributed by atoms with Gasteiger partial charge in [-0.3, -0.25) is 9.78 Å². The third kappa shape index (κ3) is 2.70. The van der Waals surface area contributed by atoms with E-state index in [4.69, 9.17) is 0 Å². The Kier molecular flexibility index (Phi) is 3.97. The maximum absolute atomic E-state index is 12.6. The van der Waals surface area contributed by atoms with Crippen molar-refractivity contribution < 1.29 is 4.79 Å². The Bertz CT molecular complexity index is 399. The summed E-state index contributed by atoms with van der Waals surface area (Å²) in [5, 5.41) is 3.33. The van der Waals surface area contributed by atoms with Crippen molar-refractivity contribution in [2.24, 2.45) is 0 Å². The minimum absolute atomic E-state index is 0.208. The van der Waals surface area contributed by atoms with E-state index in [1.165, 1.54) is 0 Å². The highest BCUT2D eigenvalue weighted by Gasteiger charge is 2.38. The number of amides is 1. The smallest absolute Gasteiger partial charge is 0.242 e. The lowest BCUT2D eigenvalue weighted by molar-refractivity contribution is -0.137. The molecule has 1 aromatic rings. The van der Waals surface area contributed by atoms with Gasteiger partial charge >= 0.3 is 0 Å². The van der Waals surface area contributed by atoms with Crippen molar-refractivity contribution in [3.05, 3.63) is 30.1 Å². The Hall–Kier alpha value is -1.42. The SMILES string of the molecule is CCN(Cc1ccncc1)C(=O)C1(C)CCCN1. The molecule has 1 aromatic heterocycles. The van der Waals surface area contributed by atoms with Crippen molar-refractivity contribution >= 4 is 5.91 Å². The molecule has 0 spiro atoms. The van der Waals surface area contributed by atoms with Crippen molar-refractivity contribution in [2.45, 2.75) is 38.8 Å². The molecule has 1 atom stereocenters. The average molecular weight is 247 g/mol. The van der Waals surface area contributed by atoms with Crippen molar-refractivity contribution in [3.8, 4) is 0 Å². The van der Waals surface area contributed by atoms with E-state index in [-0.39, 0.29) is 11.4 Å². The zero-order valence-corrected chi connectivity index (χ0v) is 11.1. The molecule has 4 nitrogen and oxygen atoms in total. The van der Waals surface area contributed by atoms with Gasteiger partial charge in [0.1, 0.15) is 0 Å². The van der Waals surface area contributed by atoms with Gasteiger partial charge in [-0.05, 0) is 50.9 Å². The second kappa shape index (κ2) is 5.48. The zero-order valence-electron chi connectivity index (χ0n) is 11.1. The quantitative estimate of drug-likeness (QED) is 0.878. The number of carbonyl (C=O) groups is 1. The Morgan fingerprint density at radius 1 is 1.50 bits per heavy atom. The van der Waals surface area contributed by atoms with Gasteiger partial charge in [0.15, 0.2) is 0 Å². The Morgan fingerprint density at radius 2 is 2.22 bits per heavy atom. The predicted molar refractivity (Wildman–Crippen MR) is 71.0 cm³/mol. The van der Waals surface area contributed by atoms with E-state index in [0.29, 0.717) is 6.54 Å². The Balaban J connectivity index is 2.07. The van der Waals surface area contributed by atoms with E-state index in [0.717, 1.165) is 31.5 Å². The zero-order chi connectivity index (χ0) is 13.0. The summed E-state index contributed by atoms with van der Waals surface area (Å²) in [5.41, 5.74) is 0.755. The van der Waals surface area contributed by atoms with E-state index in [2.05, 4.69) is 10.3 Å². The second-order valence-corrected chi connectivity index (χ2v) is 5.04. The molecule has 0 aliphatic carbocycles. The molecule has 1 amide bonds. The Labute approximate surface area is 108 Å². The van der Waals surface area contributed by atoms with Crippen LogP contribution in [-0.2, 0) is 11.3 Å². The molecule has 0 saturated carbocycles. The van der Waals surface area contributed by atoms with Crippen LogP contribution >= 0.6 is 0 Å². The van der Waals surface area contributed by atoms with Crippen LogP contribution in [0.1, 0.15) is 32.3 Å². The summed E-state index contributed by atoms with van der Waals surface area (Å²) in [7, 11) is 0. The number of pyridine rings is 1. The van der Waals surface area contributed by atoms with Gasteiger partial charge < -0.3 is 10.2 Å². The normalized spacial score (nSPS) is 23.0. The minimum atomic E-state index is -0.372. The minimum Gasteiger partial charge on any atom is -0.337 e. The highest BCUT2D eigenvalue weighted by atomic mass is 16.2. The Morgan fingerprint density at radius 3 is 2.78 bits per heavy atom. The van der Waals surface area contributed by atoms with E-state index < -0.39 is 0 Å². The van der Waals surface area contributed by atoms with Crippen LogP contribution in [0.4, 0.5) is 0 Å². The summed E-state index contributed by atoms with van der Waals surface area (Å²) in [6.07, 6.45) is 5.54. The molecular formula is C14H21N3O. The van der Waals surface area contributed by atoms with Gasteiger partial charge in [0, 0.05) is 25.5 Å². The van der Waals surface area contributed by atoms with E-state index in [9.17, 15) is 4.79 Å². The van der Waals surface area contributed by atoms with Crippen molar-refractivity contribution in [1.29, 1.82) is 0 Å². The first-order chi connectivity index (χ1) is 8.65. The van der Waals surface area contributed by atoms with Gasteiger partial charge in [0.2, 0.25) is 5.91 Å². The van der Waals surface area contributed by atoms with Gasteiger partial charge in [-0.2, -0.15) is 0 Å². The van der Waals surface area contributed by atoms with Gasteiger partial charge in [0.05, 0.1) is 5.54 Å². The number of hydrogen-bond donors (Lipinski definition) is 1. The molecule has 0 radical (unpaired) electrons. The first-order valence-electron chi connectivity index (χ1n) is 6.59. The van der Waals surface area contributed by atoms with Crippen molar-refractivity contribution in [2.75, 3.05) is 13.1 Å². The largest absolute Gasteiger partial charge is 0.337 e. The van der Waals surface area contributed by atoms with Gasteiger partial charge in [-0.1, -0.05) is 0 Å². The topological polar surface area (TPSA) is 45.2 Å². The first-order valence-corrected chi connectivity index (χ1v) is 6.59. The molecular weight excluding hydrogens is 226 g/mol. The molecule has 1 saturated heterocycles. The predicted octanol–water partition coefficient (Wildman–Crippen LogP) is 1.57. The average Bonchev–Trinajstić information content (AvgIpc) is 2.84. The number of nitrogens with zero attached hydrogens (tertiary/aromatic N) is 2. The molecule has 18 heavy (non-hydrogen) atoms. The maximum Gasteiger partial charge on any atom is 0.242 e. The van der Waals surface area contributed by atoms with Gasteiger partial charge in [-0.15, -0.1) is 0 Å². The number of carbonyl (C=O) groups excluding carboxylic acids is 1. The molecule has 98 valence electrons. The number of aromatic nitrogens is 1. The lowest BCUT2D eigenvalue weighted by Crippen LogP contribution is -2.52. The third-order valence-corrected chi connectivity index (χ3v) is 3.63. The van der Waals surface area contributed by atoms with Gasteiger partial charge in [0.25, 0.3) is 0 Å². The molecule has 1 aliphatic rings. The lowest BCUT2D eigenvalue weighted by atomic mass is 9.98. The van der Waals surface area contributed by atoms with E-state index in [1.54, 1.807) is 12.4 Å². The van der Waals surface area contributed by atoms with E-state index in [1.807, 2.05) is 30.9 Å². The van der Waals surface area contributed by atoms with Crippen molar-refractivity contribution in [1.82, 2.24) is 15.2 Å². The lowest BCUT2D eigenvalue weighted by Gasteiger charge is -2.31. The van der Waals surface area contributed by atoms with E-state index >= 15 is 0 Å². The highest BCUT2D eigenvalue weighted by molar-refractivity contribution is 5.86. The van der Waals surface area contributed by atoms with Crippen LogP contribution in [0.2, 0.25) is 0 Å². The number of rotatable bonds is 4. The highest BCUT2D eigenvalue weighted by Crippen LogP contribution is 2.22. The van der Waals surface area contributed by atoms with Crippen LogP contribution in [-0.4, -0.2) is 34.4 Å². The molecule has 1 fully saturated rings. The summed E-state index contributed by atoms with van der Waals surface area (Å²) in [6.45, 7) is 6.37. The fourth-order valence-electron chi connectivity index (χ4n) is 2.46. The number of likely N-dealkylation sites (N-methyl/N-ethyl adjacent to an activating group) is 1. The van der Waals surface area contributed by atoms with Crippen LogP contribution in [0.25, 0.3) is 0 Å². The summed E-state index contributed by atoms with van der Waals surface area (Å²) in [6, 6.07) is 3.92. The molecule has 1 aliphatic heterocycles. The van der Waals surface area contributed by atoms with Crippen LogP contribution in [0, 0.1) is 0 Å². The summed E-state index contributed by atoms with van der Waals surface area (Å²) >= 11 is 0. The summed E-state index contributed by atoms with van der Waals surface area (Å²) in [4.78, 5) is 18.5. The summed E-state index contributed by atoms with van der Waals surface area (Å²) < 4.78 is 0. The molecule has 2 rings (SSSR count). The standard InChI is InChI=1S/C14H21N3O/c1-3-17(11-12-5-9-15-10-6-12)13(18)14(2)7-4-8-16-14/h5-6,9-10,16H,3-4,7-8,11H2,1-2H3. The third-order valence-electron chi connectivity index (χ3n) is 3.63. The monoisotopic (exact) mass is 247 g/mol. The molecule has 1 unspecified atom stereocenters. The maximum atomic E-state index is 12.6.